The predicted molar refractivity (Wildman–Crippen MR) is 158 cm³/mol. The van der Waals surface area contributed by atoms with Crippen molar-refractivity contribution in [3.8, 4) is 11.5 Å². The summed E-state index contributed by atoms with van der Waals surface area (Å²) in [7, 11) is 0. The quantitative estimate of drug-likeness (QED) is 0.306. The molecule has 1 amide bonds. The molecule has 1 saturated carbocycles. The Bertz CT molecular complexity index is 1950. The summed E-state index contributed by atoms with van der Waals surface area (Å²) in [5, 5.41) is 17.2. The van der Waals surface area contributed by atoms with Gasteiger partial charge in [0.2, 0.25) is 5.43 Å². The van der Waals surface area contributed by atoms with E-state index in [0.717, 1.165) is 18.9 Å². The number of amides is 1. The lowest BCUT2D eigenvalue weighted by Gasteiger charge is -2.34. The average molecular weight is 635 g/mol. The fourth-order valence-corrected chi connectivity index (χ4v) is 6.73. The maximum atomic E-state index is 15.7. The third-order valence-electron chi connectivity index (χ3n) is 9.02. The number of carboxylic acid groups (broad SMARTS) is 1. The monoisotopic (exact) mass is 634 g/mol. The number of carboxylic acids is 1. The summed E-state index contributed by atoms with van der Waals surface area (Å²) in [6, 6.07) is 5.25. The largest absolute Gasteiger partial charge is 0.490 e. The molecule has 2 aromatic carbocycles. The molecule has 0 bridgehead atoms. The average Bonchev–Trinajstić information content (AvgIpc) is 3.39. The Balaban J connectivity index is 0.982. The first kappa shape index (κ1) is 28.3. The summed E-state index contributed by atoms with van der Waals surface area (Å²) in [5.41, 5.74) is -0.177. The van der Waals surface area contributed by atoms with Crippen LogP contribution in [0, 0.1) is 17.6 Å². The highest BCUT2D eigenvalue weighted by Gasteiger charge is 2.41. The van der Waals surface area contributed by atoms with Crippen LogP contribution in [0.2, 0.25) is 0 Å². The van der Waals surface area contributed by atoms with Crippen LogP contribution in [0.3, 0.4) is 0 Å². The molecule has 1 N–H and O–H groups in total. The lowest BCUT2D eigenvalue weighted by atomic mass is 10.1. The van der Waals surface area contributed by atoms with Crippen LogP contribution < -0.4 is 24.7 Å². The van der Waals surface area contributed by atoms with Gasteiger partial charge in [-0.2, -0.15) is 0 Å². The van der Waals surface area contributed by atoms with E-state index in [1.165, 1.54) is 29.4 Å². The fraction of sp³-hybridized carbons (Fsp3) is 0.387. The number of fused-ring (bicyclic) bond motifs is 5. The van der Waals surface area contributed by atoms with Crippen molar-refractivity contribution in [3.63, 3.8) is 0 Å². The SMILES string of the molecule is O=C(O)c1cn(C2CC2)c2c3c(c(F)cc2c1=O)N1CC(COc2ccc(N4C[C@@H](Cn5ccnn5)OC4=O)cc2F)CC1CO3. The van der Waals surface area contributed by atoms with Gasteiger partial charge in [-0.3, -0.25) is 9.69 Å². The first-order chi connectivity index (χ1) is 22.2. The lowest BCUT2D eigenvalue weighted by molar-refractivity contribution is 0.0694. The number of benzene rings is 2. The lowest BCUT2D eigenvalue weighted by Crippen LogP contribution is -2.39. The van der Waals surface area contributed by atoms with Crippen LogP contribution in [0.5, 0.6) is 11.5 Å². The number of anilines is 2. The molecule has 0 spiro atoms. The Hall–Kier alpha value is -5.21. The zero-order valence-electron chi connectivity index (χ0n) is 24.3. The molecule has 46 heavy (non-hydrogen) atoms. The smallest absolute Gasteiger partial charge is 0.414 e. The molecule has 3 aliphatic heterocycles. The van der Waals surface area contributed by atoms with Crippen LogP contribution in [0.1, 0.15) is 35.7 Å². The normalized spacial score (nSPS) is 22.0. The molecule has 4 aromatic rings. The molecule has 5 heterocycles. The third-order valence-corrected chi connectivity index (χ3v) is 9.02. The van der Waals surface area contributed by atoms with Gasteiger partial charge in [0.15, 0.2) is 23.1 Å². The van der Waals surface area contributed by atoms with Crippen molar-refractivity contribution in [1.82, 2.24) is 19.6 Å². The van der Waals surface area contributed by atoms with Crippen molar-refractivity contribution in [1.29, 1.82) is 0 Å². The van der Waals surface area contributed by atoms with E-state index in [9.17, 15) is 19.5 Å². The zero-order chi connectivity index (χ0) is 31.7. The van der Waals surface area contributed by atoms with Gasteiger partial charge in [-0.05, 0) is 37.5 Å². The summed E-state index contributed by atoms with van der Waals surface area (Å²) in [5.74, 6) is -2.48. The van der Waals surface area contributed by atoms with Crippen LogP contribution in [-0.4, -0.2) is 75.2 Å². The third kappa shape index (κ3) is 4.77. The fourth-order valence-electron chi connectivity index (χ4n) is 6.73. The molecule has 3 atom stereocenters. The standard InChI is InChI=1S/C31H28F2N6O7/c32-23-8-18(39-12-20(46-31(39)43)11-36-6-5-34-35-36)3-4-25(23)44-14-16-7-19-15-45-29-26-21(9-24(33)27(29)37(19)10-16)28(40)22(30(41)42)13-38(26)17-1-2-17/h3-6,8-9,13,16-17,19-20H,1-2,7,10-12,14-15H2,(H,41,42)/t16?,19?,20-/m1/s1. The molecule has 0 radical (unpaired) electrons. The minimum absolute atomic E-state index is 0.00951. The van der Waals surface area contributed by atoms with E-state index in [0.29, 0.717) is 30.7 Å². The van der Waals surface area contributed by atoms with Gasteiger partial charge in [0.1, 0.15) is 24.0 Å². The molecule has 15 heteroatoms. The number of carbonyl (C=O) groups excluding carboxylic acids is 1. The summed E-state index contributed by atoms with van der Waals surface area (Å²) in [6.07, 6.45) is 5.72. The van der Waals surface area contributed by atoms with Gasteiger partial charge in [0.25, 0.3) is 0 Å². The summed E-state index contributed by atoms with van der Waals surface area (Å²) in [6.45, 7) is 1.37. The second kappa shape index (κ2) is 10.7. The maximum Gasteiger partial charge on any atom is 0.414 e. The van der Waals surface area contributed by atoms with Gasteiger partial charge < -0.3 is 28.8 Å². The van der Waals surface area contributed by atoms with Crippen molar-refractivity contribution in [3.05, 3.63) is 70.3 Å². The maximum absolute atomic E-state index is 15.7. The van der Waals surface area contributed by atoms with E-state index in [2.05, 4.69) is 10.3 Å². The van der Waals surface area contributed by atoms with Crippen molar-refractivity contribution in [2.75, 3.05) is 36.1 Å². The molecule has 2 unspecified atom stereocenters. The Morgan fingerprint density at radius 1 is 1.11 bits per heavy atom. The first-order valence-corrected chi connectivity index (χ1v) is 15.0. The second-order valence-corrected chi connectivity index (χ2v) is 12.1. The Labute approximate surface area is 259 Å². The van der Waals surface area contributed by atoms with E-state index < -0.39 is 40.8 Å². The van der Waals surface area contributed by atoms with Crippen LogP contribution in [0.15, 0.2) is 47.7 Å². The van der Waals surface area contributed by atoms with Gasteiger partial charge in [0.05, 0.1) is 48.5 Å². The molecule has 8 rings (SSSR count). The van der Waals surface area contributed by atoms with Crippen molar-refractivity contribution < 1.29 is 37.7 Å². The summed E-state index contributed by atoms with van der Waals surface area (Å²) >= 11 is 0. The highest BCUT2D eigenvalue weighted by atomic mass is 19.1. The van der Waals surface area contributed by atoms with Gasteiger partial charge >= 0.3 is 12.1 Å². The minimum Gasteiger partial charge on any atom is -0.490 e. The molecule has 238 valence electrons. The number of ether oxygens (including phenoxy) is 3. The van der Waals surface area contributed by atoms with E-state index in [1.807, 2.05) is 4.90 Å². The van der Waals surface area contributed by atoms with Crippen LogP contribution >= 0.6 is 0 Å². The van der Waals surface area contributed by atoms with Gasteiger partial charge in [-0.25, -0.2) is 23.1 Å². The van der Waals surface area contributed by atoms with Gasteiger partial charge in [0, 0.05) is 37.0 Å². The predicted octanol–water partition coefficient (Wildman–Crippen LogP) is 3.60. The van der Waals surface area contributed by atoms with Crippen molar-refractivity contribution in [2.45, 2.75) is 44.0 Å². The second-order valence-electron chi connectivity index (χ2n) is 12.1. The number of nitrogens with zero attached hydrogens (tertiary/aromatic N) is 6. The number of pyridine rings is 1. The Kier molecular flexibility index (Phi) is 6.58. The molecule has 1 aliphatic carbocycles. The topological polar surface area (TPSA) is 141 Å². The number of aromatic carboxylic acids is 1. The van der Waals surface area contributed by atoms with Gasteiger partial charge in [-0.15, -0.1) is 5.10 Å². The number of cyclic esters (lactones) is 1. The number of rotatable bonds is 8. The van der Waals surface area contributed by atoms with E-state index in [1.54, 1.807) is 21.5 Å². The van der Waals surface area contributed by atoms with Crippen LogP contribution in [0.4, 0.5) is 25.0 Å². The molecule has 13 nitrogen and oxygen atoms in total. The highest BCUT2D eigenvalue weighted by molar-refractivity contribution is 5.97. The van der Waals surface area contributed by atoms with Crippen molar-refractivity contribution in [2.24, 2.45) is 5.92 Å². The number of hydrogen-bond acceptors (Lipinski definition) is 9. The zero-order valence-corrected chi connectivity index (χ0v) is 24.3. The first-order valence-electron chi connectivity index (χ1n) is 15.0. The molecule has 3 fully saturated rings. The minimum atomic E-state index is -1.36. The number of hydrogen-bond donors (Lipinski definition) is 1. The van der Waals surface area contributed by atoms with Crippen LogP contribution in [-0.2, 0) is 11.3 Å². The molecular weight excluding hydrogens is 606 g/mol. The Morgan fingerprint density at radius 3 is 2.70 bits per heavy atom. The molecule has 2 saturated heterocycles. The van der Waals surface area contributed by atoms with E-state index >= 15 is 8.78 Å². The Morgan fingerprint density at radius 2 is 1.96 bits per heavy atom. The van der Waals surface area contributed by atoms with Crippen molar-refractivity contribution >= 4 is 34.3 Å². The summed E-state index contributed by atoms with van der Waals surface area (Å²) in [4.78, 5) is 40.5. The van der Waals surface area contributed by atoms with E-state index in [-0.39, 0.29) is 60.3 Å². The summed E-state index contributed by atoms with van der Waals surface area (Å²) < 4.78 is 51.5. The number of carbonyl (C=O) groups is 2. The molecule has 2 aromatic heterocycles. The number of halogens is 2. The number of aromatic nitrogens is 4. The molecule has 4 aliphatic rings. The van der Waals surface area contributed by atoms with Gasteiger partial charge in [-0.1, -0.05) is 5.21 Å². The molecular formula is C31H28F2N6O7. The van der Waals surface area contributed by atoms with E-state index in [4.69, 9.17) is 14.2 Å². The highest BCUT2D eigenvalue weighted by Crippen LogP contribution is 2.48. The van der Waals surface area contributed by atoms with Crippen LogP contribution in [0.25, 0.3) is 10.9 Å².